The van der Waals surface area contributed by atoms with Gasteiger partial charge >= 0.3 is 0 Å². The first-order chi connectivity index (χ1) is 5.05. The molecule has 0 aromatic carbocycles. The minimum absolute atomic E-state index is 0.445. The first kappa shape index (κ1) is 8.78. The maximum atomic E-state index is 5.13. The SMILES string of the molecule is CNC(=S)N1CCC(C)(C)C1. The van der Waals surface area contributed by atoms with Gasteiger partial charge in [-0.1, -0.05) is 13.8 Å². The molecule has 1 heterocycles. The number of hydrogen-bond donors (Lipinski definition) is 1. The lowest BCUT2D eigenvalue weighted by Gasteiger charge is -2.21. The number of nitrogens with zero attached hydrogens (tertiary/aromatic N) is 1. The van der Waals surface area contributed by atoms with E-state index in [4.69, 9.17) is 12.2 Å². The van der Waals surface area contributed by atoms with Crippen molar-refractivity contribution in [2.24, 2.45) is 5.41 Å². The molecule has 1 aliphatic heterocycles. The van der Waals surface area contributed by atoms with Crippen LogP contribution in [0.3, 0.4) is 0 Å². The van der Waals surface area contributed by atoms with Crippen molar-refractivity contribution in [3.63, 3.8) is 0 Å². The molecule has 0 aromatic heterocycles. The normalized spacial score (nSPS) is 21.9. The number of nitrogens with one attached hydrogen (secondary N) is 1. The van der Waals surface area contributed by atoms with Gasteiger partial charge in [-0.15, -0.1) is 0 Å². The highest BCUT2D eigenvalue weighted by Gasteiger charge is 2.29. The first-order valence-electron chi connectivity index (χ1n) is 4.02. The molecule has 0 spiro atoms. The second kappa shape index (κ2) is 2.97. The molecule has 0 atom stereocenters. The molecule has 0 saturated carbocycles. The average Bonchev–Trinajstić information content (AvgIpc) is 2.29. The van der Waals surface area contributed by atoms with Crippen molar-refractivity contribution in [3.05, 3.63) is 0 Å². The average molecular weight is 172 g/mol. The van der Waals surface area contributed by atoms with Gasteiger partial charge in [0.15, 0.2) is 5.11 Å². The van der Waals surface area contributed by atoms with Gasteiger partial charge in [-0.2, -0.15) is 0 Å². The highest BCUT2D eigenvalue weighted by atomic mass is 32.1. The third kappa shape index (κ3) is 2.06. The fourth-order valence-corrected chi connectivity index (χ4v) is 1.60. The Labute approximate surface area is 74.0 Å². The Hall–Kier alpha value is -0.310. The summed E-state index contributed by atoms with van der Waals surface area (Å²) in [6, 6.07) is 0. The molecule has 3 heteroatoms. The van der Waals surface area contributed by atoms with Crippen LogP contribution in [-0.4, -0.2) is 30.1 Å². The smallest absolute Gasteiger partial charge is 0.168 e. The number of thiocarbonyl (C=S) groups is 1. The van der Waals surface area contributed by atoms with E-state index in [1.807, 2.05) is 7.05 Å². The van der Waals surface area contributed by atoms with E-state index in [9.17, 15) is 0 Å². The standard InChI is InChI=1S/C8H16N2S/c1-8(2)4-5-10(6-8)7(11)9-3/h4-6H2,1-3H3,(H,9,11). The number of hydrogen-bond acceptors (Lipinski definition) is 1. The molecule has 0 unspecified atom stereocenters. The van der Waals surface area contributed by atoms with Crippen LogP contribution in [0.5, 0.6) is 0 Å². The Morgan fingerprint density at radius 1 is 1.55 bits per heavy atom. The van der Waals surface area contributed by atoms with Crippen molar-refractivity contribution in [2.45, 2.75) is 20.3 Å². The zero-order valence-corrected chi connectivity index (χ0v) is 8.29. The van der Waals surface area contributed by atoms with Crippen molar-refractivity contribution in [2.75, 3.05) is 20.1 Å². The van der Waals surface area contributed by atoms with Gasteiger partial charge in [0.25, 0.3) is 0 Å². The van der Waals surface area contributed by atoms with E-state index in [1.54, 1.807) is 0 Å². The van der Waals surface area contributed by atoms with Crippen LogP contribution in [0.15, 0.2) is 0 Å². The molecule has 0 amide bonds. The van der Waals surface area contributed by atoms with Crippen LogP contribution in [0.2, 0.25) is 0 Å². The van der Waals surface area contributed by atoms with Gasteiger partial charge in [0.2, 0.25) is 0 Å². The highest BCUT2D eigenvalue weighted by Crippen LogP contribution is 2.28. The second-order valence-corrected chi connectivity index (χ2v) is 4.28. The predicted molar refractivity (Wildman–Crippen MR) is 51.6 cm³/mol. The molecule has 2 nitrogen and oxygen atoms in total. The molecular formula is C8H16N2S. The van der Waals surface area contributed by atoms with E-state index in [1.165, 1.54) is 6.42 Å². The highest BCUT2D eigenvalue weighted by molar-refractivity contribution is 7.80. The molecule has 0 bridgehead atoms. The zero-order chi connectivity index (χ0) is 8.48. The molecule has 0 aromatic rings. The molecule has 0 aliphatic carbocycles. The van der Waals surface area contributed by atoms with Crippen molar-refractivity contribution < 1.29 is 0 Å². The Morgan fingerprint density at radius 2 is 2.18 bits per heavy atom. The third-order valence-electron chi connectivity index (χ3n) is 2.18. The van der Waals surface area contributed by atoms with Crippen molar-refractivity contribution in [1.82, 2.24) is 10.2 Å². The summed E-state index contributed by atoms with van der Waals surface area (Å²) >= 11 is 5.13. The van der Waals surface area contributed by atoms with Crippen LogP contribution in [0.25, 0.3) is 0 Å². The molecule has 11 heavy (non-hydrogen) atoms. The van der Waals surface area contributed by atoms with Crippen LogP contribution in [0.1, 0.15) is 20.3 Å². The number of rotatable bonds is 0. The molecule has 1 aliphatic rings. The second-order valence-electron chi connectivity index (χ2n) is 3.89. The molecule has 0 radical (unpaired) electrons. The maximum absolute atomic E-state index is 5.13. The van der Waals surface area contributed by atoms with E-state index in [0.717, 1.165) is 18.2 Å². The Kier molecular flexibility index (Phi) is 2.37. The van der Waals surface area contributed by atoms with Gasteiger partial charge in [0.05, 0.1) is 0 Å². The summed E-state index contributed by atoms with van der Waals surface area (Å²) in [6.45, 7) is 6.76. The van der Waals surface area contributed by atoms with Crippen LogP contribution < -0.4 is 5.32 Å². The van der Waals surface area contributed by atoms with Crippen LogP contribution >= 0.6 is 12.2 Å². The third-order valence-corrected chi connectivity index (χ3v) is 2.64. The molecule has 1 rings (SSSR count). The summed E-state index contributed by atoms with van der Waals surface area (Å²) in [7, 11) is 1.88. The summed E-state index contributed by atoms with van der Waals surface area (Å²) in [5.41, 5.74) is 0.445. The first-order valence-corrected chi connectivity index (χ1v) is 4.43. The van der Waals surface area contributed by atoms with Gasteiger partial charge in [0.1, 0.15) is 0 Å². The van der Waals surface area contributed by atoms with E-state index >= 15 is 0 Å². The van der Waals surface area contributed by atoms with Crippen LogP contribution in [0.4, 0.5) is 0 Å². The fourth-order valence-electron chi connectivity index (χ4n) is 1.44. The Balaban J connectivity index is 2.48. The summed E-state index contributed by atoms with van der Waals surface area (Å²) in [5, 5.41) is 3.89. The van der Waals surface area contributed by atoms with Crippen molar-refractivity contribution in [3.8, 4) is 0 Å². The van der Waals surface area contributed by atoms with Crippen LogP contribution in [-0.2, 0) is 0 Å². The lowest BCUT2D eigenvalue weighted by Crippen LogP contribution is -2.36. The van der Waals surface area contributed by atoms with Gasteiger partial charge in [-0.05, 0) is 24.1 Å². The molecule has 64 valence electrons. The van der Waals surface area contributed by atoms with Crippen molar-refractivity contribution >= 4 is 17.3 Å². The lowest BCUT2D eigenvalue weighted by atomic mass is 9.93. The van der Waals surface area contributed by atoms with Gasteiger partial charge in [0, 0.05) is 20.1 Å². The van der Waals surface area contributed by atoms with E-state index in [2.05, 4.69) is 24.1 Å². The molecule has 1 fully saturated rings. The molecule has 1 saturated heterocycles. The Morgan fingerprint density at radius 3 is 2.55 bits per heavy atom. The lowest BCUT2D eigenvalue weighted by molar-refractivity contribution is 0.374. The molecule has 1 N–H and O–H groups in total. The van der Waals surface area contributed by atoms with Crippen molar-refractivity contribution in [1.29, 1.82) is 0 Å². The largest absolute Gasteiger partial charge is 0.366 e. The zero-order valence-electron chi connectivity index (χ0n) is 7.48. The monoisotopic (exact) mass is 172 g/mol. The number of likely N-dealkylation sites (tertiary alicyclic amines) is 1. The summed E-state index contributed by atoms with van der Waals surface area (Å²) < 4.78 is 0. The van der Waals surface area contributed by atoms with E-state index in [0.29, 0.717) is 5.41 Å². The van der Waals surface area contributed by atoms with E-state index in [-0.39, 0.29) is 0 Å². The van der Waals surface area contributed by atoms with Gasteiger partial charge < -0.3 is 10.2 Å². The van der Waals surface area contributed by atoms with E-state index < -0.39 is 0 Å². The topological polar surface area (TPSA) is 15.3 Å². The summed E-state index contributed by atoms with van der Waals surface area (Å²) in [4.78, 5) is 2.23. The maximum Gasteiger partial charge on any atom is 0.168 e. The minimum Gasteiger partial charge on any atom is -0.366 e. The molecular weight excluding hydrogens is 156 g/mol. The summed E-state index contributed by atoms with van der Waals surface area (Å²) in [5.74, 6) is 0. The predicted octanol–water partition coefficient (Wildman–Crippen LogP) is 1.22. The van der Waals surface area contributed by atoms with Gasteiger partial charge in [-0.3, -0.25) is 0 Å². The minimum atomic E-state index is 0.445. The fraction of sp³-hybridized carbons (Fsp3) is 0.875. The van der Waals surface area contributed by atoms with Crippen LogP contribution in [0, 0.1) is 5.41 Å². The quantitative estimate of drug-likeness (QED) is 0.553. The van der Waals surface area contributed by atoms with Gasteiger partial charge in [-0.25, -0.2) is 0 Å². The summed E-state index contributed by atoms with van der Waals surface area (Å²) in [6.07, 6.45) is 1.24. The Bertz CT molecular complexity index is 165.